The Morgan fingerprint density at radius 1 is 1.41 bits per heavy atom. The number of rotatable bonds is 3. The van der Waals surface area contributed by atoms with Crippen molar-refractivity contribution in [1.29, 1.82) is 0 Å². The van der Waals surface area contributed by atoms with Gasteiger partial charge in [-0.25, -0.2) is 4.98 Å². The molecule has 1 atom stereocenters. The van der Waals surface area contributed by atoms with Gasteiger partial charge >= 0.3 is 0 Å². The minimum atomic E-state index is -0.692. The van der Waals surface area contributed by atoms with Gasteiger partial charge in [-0.1, -0.05) is 11.3 Å². The minimum absolute atomic E-state index is 0.210. The highest BCUT2D eigenvalue weighted by molar-refractivity contribution is 7.17. The summed E-state index contributed by atoms with van der Waals surface area (Å²) in [6.45, 7) is 1.39. The van der Waals surface area contributed by atoms with Crippen LogP contribution in [0, 0.1) is 5.92 Å². The number of carbonyl (C=O) groups excluding carboxylic acids is 3. The molecule has 0 saturated carbocycles. The molecule has 112 valence electrons. The third kappa shape index (κ3) is 2.67. The molecule has 0 fully saturated rings. The Balaban J connectivity index is 1.86. The van der Waals surface area contributed by atoms with Gasteiger partial charge in [0, 0.05) is 24.9 Å². The highest BCUT2D eigenvalue weighted by Crippen LogP contribution is 2.33. The second-order valence-electron chi connectivity index (χ2n) is 5.04. The Hall–Kier alpha value is -2.41. The fraction of sp³-hybridized carbons (Fsp3) is 0.267. The van der Waals surface area contributed by atoms with Gasteiger partial charge in [0.25, 0.3) is 0 Å². The summed E-state index contributed by atoms with van der Waals surface area (Å²) in [6.07, 6.45) is 4.04. The molecule has 0 aromatic carbocycles. The van der Waals surface area contributed by atoms with E-state index in [0.717, 1.165) is 11.3 Å². The number of fused-ring (bicyclic) bond motifs is 1. The zero-order valence-corrected chi connectivity index (χ0v) is 12.6. The molecule has 1 amide bonds. The first-order chi connectivity index (χ1) is 10.6. The predicted octanol–water partition coefficient (Wildman–Crippen LogP) is 2.12. The summed E-state index contributed by atoms with van der Waals surface area (Å²) in [5.74, 6) is -1.36. The van der Waals surface area contributed by atoms with Crippen LogP contribution < -0.4 is 5.32 Å². The number of aromatic nitrogens is 2. The van der Waals surface area contributed by atoms with Gasteiger partial charge < -0.3 is 5.32 Å². The molecule has 2 aromatic rings. The molecule has 2 aromatic heterocycles. The number of nitrogens with zero attached hydrogens (tertiary/aromatic N) is 2. The number of anilines is 1. The van der Waals surface area contributed by atoms with Crippen molar-refractivity contribution in [1.82, 2.24) is 9.97 Å². The second-order valence-corrected chi connectivity index (χ2v) is 6.04. The number of amides is 1. The average Bonchev–Trinajstić information content (AvgIpc) is 2.90. The lowest BCUT2D eigenvalue weighted by molar-refractivity contribution is -0.114. The minimum Gasteiger partial charge on any atom is -0.302 e. The van der Waals surface area contributed by atoms with E-state index < -0.39 is 5.92 Å². The smallest absolute Gasteiger partial charge is 0.223 e. The van der Waals surface area contributed by atoms with Crippen LogP contribution in [0.3, 0.4) is 0 Å². The van der Waals surface area contributed by atoms with Crippen LogP contribution in [-0.4, -0.2) is 27.4 Å². The Labute approximate surface area is 130 Å². The predicted molar refractivity (Wildman–Crippen MR) is 81.1 cm³/mol. The molecule has 22 heavy (non-hydrogen) atoms. The molecule has 0 aliphatic heterocycles. The van der Waals surface area contributed by atoms with Gasteiger partial charge in [-0.15, -0.1) is 0 Å². The summed E-state index contributed by atoms with van der Waals surface area (Å²) in [4.78, 5) is 44.7. The number of nitrogens with one attached hydrogen (secondary N) is 1. The maximum Gasteiger partial charge on any atom is 0.223 e. The molecule has 2 heterocycles. The number of hydrogen-bond donors (Lipinski definition) is 1. The maximum atomic E-state index is 12.5. The number of hydrogen-bond acceptors (Lipinski definition) is 6. The Morgan fingerprint density at radius 2 is 2.23 bits per heavy atom. The topological polar surface area (TPSA) is 89.0 Å². The number of thiazole rings is 1. The van der Waals surface area contributed by atoms with Gasteiger partial charge in [-0.2, -0.15) is 0 Å². The third-order valence-corrected chi connectivity index (χ3v) is 4.48. The molecular formula is C15H13N3O3S. The number of pyridine rings is 1. The molecule has 1 N–H and O–H groups in total. The van der Waals surface area contributed by atoms with Crippen molar-refractivity contribution in [3.8, 4) is 0 Å². The van der Waals surface area contributed by atoms with Crippen molar-refractivity contribution >= 4 is 33.9 Å². The number of Topliss-reactive ketones (excluding diaryl/α,β-unsaturated/α-hetero) is 2. The van der Waals surface area contributed by atoms with Gasteiger partial charge in [0.05, 0.1) is 16.5 Å². The molecule has 0 radical (unpaired) electrons. The van der Waals surface area contributed by atoms with Gasteiger partial charge in [0.15, 0.2) is 16.7 Å². The molecule has 3 rings (SSSR count). The van der Waals surface area contributed by atoms with E-state index in [1.807, 2.05) is 0 Å². The van der Waals surface area contributed by atoms with E-state index in [1.165, 1.54) is 13.1 Å². The molecule has 1 aliphatic rings. The van der Waals surface area contributed by atoms with Gasteiger partial charge in [-0.3, -0.25) is 19.4 Å². The Bertz CT molecular complexity index is 755. The van der Waals surface area contributed by atoms with Crippen LogP contribution in [0.4, 0.5) is 5.13 Å². The summed E-state index contributed by atoms with van der Waals surface area (Å²) >= 11 is 1.13. The Kier molecular flexibility index (Phi) is 3.81. The van der Waals surface area contributed by atoms with Crippen molar-refractivity contribution in [2.75, 3.05) is 5.32 Å². The van der Waals surface area contributed by atoms with Crippen LogP contribution >= 0.6 is 11.3 Å². The number of aryl methyl sites for hydroxylation is 1. The molecule has 0 bridgehead atoms. The van der Waals surface area contributed by atoms with Crippen LogP contribution in [0.5, 0.6) is 0 Å². The van der Waals surface area contributed by atoms with E-state index in [1.54, 1.807) is 18.3 Å². The van der Waals surface area contributed by atoms with E-state index in [-0.39, 0.29) is 17.5 Å². The molecule has 0 saturated heterocycles. The fourth-order valence-corrected chi connectivity index (χ4v) is 3.50. The highest BCUT2D eigenvalue weighted by atomic mass is 32.1. The quantitative estimate of drug-likeness (QED) is 0.692. The van der Waals surface area contributed by atoms with Crippen LogP contribution in [0.1, 0.15) is 39.1 Å². The van der Waals surface area contributed by atoms with Gasteiger partial charge in [-0.05, 0) is 25.0 Å². The number of ketones is 2. The molecule has 1 unspecified atom stereocenters. The molecular weight excluding hydrogens is 302 g/mol. The number of carbonyl (C=O) groups is 3. The van der Waals surface area contributed by atoms with Crippen molar-refractivity contribution in [2.24, 2.45) is 5.92 Å². The summed E-state index contributed by atoms with van der Waals surface area (Å²) in [5, 5.41) is 2.98. The summed E-state index contributed by atoms with van der Waals surface area (Å²) in [7, 11) is 0. The lowest BCUT2D eigenvalue weighted by Crippen LogP contribution is -2.28. The monoisotopic (exact) mass is 315 g/mol. The lowest BCUT2D eigenvalue weighted by Gasteiger charge is -2.18. The van der Waals surface area contributed by atoms with Crippen LogP contribution in [-0.2, 0) is 11.2 Å². The Morgan fingerprint density at radius 3 is 2.91 bits per heavy atom. The van der Waals surface area contributed by atoms with E-state index in [4.69, 9.17) is 0 Å². The molecule has 0 spiro atoms. The van der Waals surface area contributed by atoms with Crippen molar-refractivity contribution in [3.05, 3.63) is 40.7 Å². The first kappa shape index (κ1) is 14.5. The summed E-state index contributed by atoms with van der Waals surface area (Å²) < 4.78 is 0. The van der Waals surface area contributed by atoms with Gasteiger partial charge in [0.1, 0.15) is 0 Å². The van der Waals surface area contributed by atoms with E-state index in [0.29, 0.717) is 34.1 Å². The van der Waals surface area contributed by atoms with Crippen molar-refractivity contribution in [2.45, 2.75) is 19.8 Å². The standard InChI is InChI=1S/C15H13N3O3S/c1-8(19)17-15-18-11-5-4-10(13(21)14(11)22-15)12(20)9-3-2-6-16-7-9/h2-3,6-7,10H,4-5H2,1H3,(H,17,18,19). The normalized spacial score (nSPS) is 17.0. The second kappa shape index (κ2) is 5.76. The largest absolute Gasteiger partial charge is 0.302 e. The van der Waals surface area contributed by atoms with E-state index >= 15 is 0 Å². The zero-order valence-electron chi connectivity index (χ0n) is 11.8. The zero-order chi connectivity index (χ0) is 15.7. The molecule has 6 nitrogen and oxygen atoms in total. The third-order valence-electron chi connectivity index (χ3n) is 3.45. The summed E-state index contributed by atoms with van der Waals surface area (Å²) in [6, 6.07) is 3.33. The van der Waals surface area contributed by atoms with Crippen LogP contribution in [0.25, 0.3) is 0 Å². The first-order valence-electron chi connectivity index (χ1n) is 6.82. The van der Waals surface area contributed by atoms with Crippen LogP contribution in [0.2, 0.25) is 0 Å². The van der Waals surface area contributed by atoms with Crippen molar-refractivity contribution in [3.63, 3.8) is 0 Å². The van der Waals surface area contributed by atoms with E-state index in [9.17, 15) is 14.4 Å². The molecule has 7 heteroatoms. The molecule has 1 aliphatic carbocycles. The average molecular weight is 315 g/mol. The van der Waals surface area contributed by atoms with Crippen LogP contribution in [0.15, 0.2) is 24.5 Å². The van der Waals surface area contributed by atoms with Crippen molar-refractivity contribution < 1.29 is 14.4 Å². The fourth-order valence-electron chi connectivity index (χ4n) is 2.45. The SMILES string of the molecule is CC(=O)Nc1nc2c(s1)C(=O)C(C(=O)c1cccnc1)CC2. The maximum absolute atomic E-state index is 12.5. The van der Waals surface area contributed by atoms with E-state index in [2.05, 4.69) is 15.3 Å². The highest BCUT2D eigenvalue weighted by Gasteiger charge is 2.35. The first-order valence-corrected chi connectivity index (χ1v) is 7.63. The lowest BCUT2D eigenvalue weighted by atomic mass is 9.84. The summed E-state index contributed by atoms with van der Waals surface area (Å²) in [5.41, 5.74) is 1.10. The van der Waals surface area contributed by atoms with Gasteiger partial charge in [0.2, 0.25) is 5.91 Å².